The van der Waals surface area contributed by atoms with Gasteiger partial charge in [-0.1, -0.05) is 6.92 Å². The molecule has 1 saturated heterocycles. The Kier molecular flexibility index (Phi) is 7.07. The molecular weight excluding hydrogens is 396 g/mol. The van der Waals surface area contributed by atoms with Crippen molar-refractivity contribution in [2.24, 2.45) is 0 Å². The first-order valence-corrected chi connectivity index (χ1v) is 11.0. The zero-order valence-corrected chi connectivity index (χ0v) is 17.8. The van der Waals surface area contributed by atoms with E-state index in [1.165, 1.54) is 5.56 Å². The summed E-state index contributed by atoms with van der Waals surface area (Å²) in [4.78, 5) is 29.1. The maximum Gasteiger partial charge on any atom is 0.252 e. The van der Waals surface area contributed by atoms with Gasteiger partial charge in [0, 0.05) is 41.7 Å². The van der Waals surface area contributed by atoms with Gasteiger partial charge in [0.05, 0.1) is 6.54 Å². The maximum absolute atomic E-state index is 12.3. The molecule has 28 heavy (non-hydrogen) atoms. The SMILES string of the molecule is CCC(=O)CN1CCC(Oc2ccc3[nH]c(=O)c4c(c3c2)CCSC4)CC1.Cl. The Bertz CT molecular complexity index is 906. The fourth-order valence-corrected chi connectivity index (χ4v) is 4.98. The Morgan fingerprint density at radius 3 is 2.82 bits per heavy atom. The molecule has 0 atom stereocenters. The molecule has 1 aromatic heterocycles. The molecule has 1 N–H and O–H groups in total. The second-order valence-corrected chi connectivity index (χ2v) is 8.51. The number of likely N-dealkylation sites (tertiary alicyclic amines) is 1. The molecule has 2 aliphatic rings. The minimum Gasteiger partial charge on any atom is -0.490 e. The predicted molar refractivity (Wildman–Crippen MR) is 117 cm³/mol. The van der Waals surface area contributed by atoms with E-state index in [2.05, 4.69) is 16.0 Å². The van der Waals surface area contributed by atoms with Crippen molar-refractivity contribution in [2.75, 3.05) is 25.4 Å². The van der Waals surface area contributed by atoms with Crippen molar-refractivity contribution in [1.82, 2.24) is 9.88 Å². The standard InChI is InChI=1S/C21H26N2O3S.ClH/c1-2-14(24)12-23-8-5-15(6-9-23)26-16-3-4-20-18(11-16)17-7-10-27-13-19(17)21(25)22-20;/h3-4,11,15H,2,5-10,12-13H2,1H3,(H,22,25);1H. The number of ketones is 1. The normalized spacial score (nSPS) is 17.8. The van der Waals surface area contributed by atoms with Crippen molar-refractivity contribution >= 4 is 40.9 Å². The average Bonchev–Trinajstić information content (AvgIpc) is 2.70. The summed E-state index contributed by atoms with van der Waals surface area (Å²) in [5, 5.41) is 1.12. The minimum atomic E-state index is 0. The molecule has 7 heteroatoms. The zero-order chi connectivity index (χ0) is 18.8. The smallest absolute Gasteiger partial charge is 0.252 e. The van der Waals surface area contributed by atoms with E-state index >= 15 is 0 Å². The molecular formula is C21H27ClN2O3S. The van der Waals surface area contributed by atoms with E-state index in [1.807, 2.05) is 30.8 Å². The lowest BCUT2D eigenvalue weighted by atomic mass is 10.0. The summed E-state index contributed by atoms with van der Waals surface area (Å²) in [5.74, 6) is 3.03. The summed E-state index contributed by atoms with van der Waals surface area (Å²) in [5.41, 5.74) is 3.05. The molecule has 2 aliphatic heterocycles. The number of H-pyrrole nitrogens is 1. The van der Waals surface area contributed by atoms with Gasteiger partial charge in [0.1, 0.15) is 17.6 Å². The van der Waals surface area contributed by atoms with E-state index in [4.69, 9.17) is 4.74 Å². The van der Waals surface area contributed by atoms with E-state index in [9.17, 15) is 9.59 Å². The molecule has 0 amide bonds. The van der Waals surface area contributed by atoms with Gasteiger partial charge in [0.2, 0.25) is 0 Å². The highest BCUT2D eigenvalue weighted by atomic mass is 35.5. The minimum absolute atomic E-state index is 0. The lowest BCUT2D eigenvalue weighted by molar-refractivity contribution is -0.120. The number of aryl methyl sites for hydroxylation is 1. The van der Waals surface area contributed by atoms with Crippen LogP contribution >= 0.6 is 24.2 Å². The first kappa shape index (κ1) is 21.2. The third kappa shape index (κ3) is 4.56. The summed E-state index contributed by atoms with van der Waals surface area (Å²) >= 11 is 1.82. The number of ether oxygens (including phenoxy) is 1. The molecule has 152 valence electrons. The number of hydrogen-bond acceptors (Lipinski definition) is 5. The number of piperidine rings is 1. The van der Waals surface area contributed by atoms with Crippen molar-refractivity contribution in [3.8, 4) is 5.75 Å². The van der Waals surface area contributed by atoms with Crippen LogP contribution in [0.25, 0.3) is 10.9 Å². The van der Waals surface area contributed by atoms with E-state index in [0.29, 0.717) is 18.7 Å². The van der Waals surface area contributed by atoms with E-state index in [1.54, 1.807) is 0 Å². The van der Waals surface area contributed by atoms with E-state index in [0.717, 1.165) is 66.1 Å². The highest BCUT2D eigenvalue weighted by molar-refractivity contribution is 7.98. The number of thioether (sulfide) groups is 1. The number of nitrogens with zero attached hydrogens (tertiary/aromatic N) is 1. The van der Waals surface area contributed by atoms with Gasteiger partial charge in [0.15, 0.2) is 0 Å². The van der Waals surface area contributed by atoms with Crippen molar-refractivity contribution in [3.05, 3.63) is 39.7 Å². The molecule has 0 saturated carbocycles. The summed E-state index contributed by atoms with van der Waals surface area (Å²) in [6, 6.07) is 6.01. The lowest BCUT2D eigenvalue weighted by Crippen LogP contribution is -2.40. The molecule has 3 heterocycles. The Morgan fingerprint density at radius 2 is 2.07 bits per heavy atom. The number of carbonyl (C=O) groups excluding carboxylic acids is 1. The Hall–Kier alpha value is -1.50. The first-order chi connectivity index (χ1) is 13.1. The van der Waals surface area contributed by atoms with Crippen LogP contribution in [0.1, 0.15) is 37.3 Å². The van der Waals surface area contributed by atoms with E-state index < -0.39 is 0 Å². The number of Topliss-reactive ketones (excluding diaryl/α,β-unsaturated/α-hetero) is 1. The number of rotatable bonds is 5. The molecule has 4 rings (SSSR count). The van der Waals surface area contributed by atoms with Gasteiger partial charge >= 0.3 is 0 Å². The van der Waals surface area contributed by atoms with Crippen LogP contribution in [0, 0.1) is 0 Å². The van der Waals surface area contributed by atoms with Gasteiger partial charge in [-0.3, -0.25) is 14.5 Å². The highest BCUT2D eigenvalue weighted by Crippen LogP contribution is 2.30. The molecule has 0 bridgehead atoms. The van der Waals surface area contributed by atoms with Crippen LogP contribution in [0.15, 0.2) is 23.0 Å². The number of hydrogen-bond donors (Lipinski definition) is 1. The number of aromatic amines is 1. The monoisotopic (exact) mass is 422 g/mol. The highest BCUT2D eigenvalue weighted by Gasteiger charge is 2.22. The molecule has 0 spiro atoms. The number of halogens is 1. The first-order valence-electron chi connectivity index (χ1n) is 9.80. The third-order valence-corrected chi connectivity index (χ3v) is 6.56. The van der Waals surface area contributed by atoms with Crippen molar-refractivity contribution < 1.29 is 9.53 Å². The second-order valence-electron chi connectivity index (χ2n) is 7.41. The largest absolute Gasteiger partial charge is 0.490 e. The Morgan fingerprint density at radius 1 is 1.29 bits per heavy atom. The van der Waals surface area contributed by atoms with Gasteiger partial charge in [-0.2, -0.15) is 11.8 Å². The molecule has 0 unspecified atom stereocenters. The van der Waals surface area contributed by atoms with Crippen LogP contribution in [0.4, 0.5) is 0 Å². The van der Waals surface area contributed by atoms with Gasteiger partial charge in [0.25, 0.3) is 5.56 Å². The summed E-state index contributed by atoms with van der Waals surface area (Å²) < 4.78 is 6.26. The van der Waals surface area contributed by atoms with Crippen molar-refractivity contribution in [2.45, 2.75) is 44.5 Å². The molecule has 1 aromatic carbocycles. The fourth-order valence-electron chi connectivity index (χ4n) is 3.98. The molecule has 5 nitrogen and oxygen atoms in total. The quantitative estimate of drug-likeness (QED) is 0.798. The van der Waals surface area contributed by atoms with Crippen LogP contribution in [0.2, 0.25) is 0 Å². The van der Waals surface area contributed by atoms with Crippen molar-refractivity contribution in [1.29, 1.82) is 0 Å². The molecule has 2 aromatic rings. The summed E-state index contributed by atoms with van der Waals surface area (Å²) in [7, 11) is 0. The summed E-state index contributed by atoms with van der Waals surface area (Å²) in [6.07, 6.45) is 3.61. The zero-order valence-electron chi connectivity index (χ0n) is 16.2. The van der Waals surface area contributed by atoms with Crippen molar-refractivity contribution in [3.63, 3.8) is 0 Å². The summed E-state index contributed by atoms with van der Waals surface area (Å²) in [6.45, 7) is 4.30. The number of nitrogens with one attached hydrogen (secondary N) is 1. The van der Waals surface area contributed by atoms with Crippen LogP contribution in [-0.4, -0.2) is 47.2 Å². The molecule has 0 aliphatic carbocycles. The van der Waals surface area contributed by atoms with Gasteiger partial charge in [-0.25, -0.2) is 0 Å². The predicted octanol–water partition coefficient (Wildman–Crippen LogP) is 3.56. The van der Waals surface area contributed by atoms with Crippen LogP contribution < -0.4 is 10.3 Å². The fraction of sp³-hybridized carbons (Fsp3) is 0.524. The average molecular weight is 423 g/mol. The van der Waals surface area contributed by atoms with E-state index in [-0.39, 0.29) is 24.1 Å². The number of pyridine rings is 1. The molecule has 0 radical (unpaired) electrons. The third-order valence-electron chi connectivity index (χ3n) is 5.58. The van der Waals surface area contributed by atoms with Gasteiger partial charge in [-0.15, -0.1) is 12.4 Å². The maximum atomic E-state index is 12.3. The van der Waals surface area contributed by atoms with Gasteiger partial charge < -0.3 is 9.72 Å². The number of carbonyl (C=O) groups is 1. The second kappa shape index (κ2) is 9.33. The Labute approximate surface area is 175 Å². The number of aromatic nitrogens is 1. The topological polar surface area (TPSA) is 62.4 Å². The number of benzene rings is 1. The van der Waals surface area contributed by atoms with Crippen LogP contribution in [0.5, 0.6) is 5.75 Å². The molecule has 1 fully saturated rings. The number of fused-ring (bicyclic) bond motifs is 3. The van der Waals surface area contributed by atoms with Crippen LogP contribution in [0.3, 0.4) is 0 Å². The lowest BCUT2D eigenvalue weighted by Gasteiger charge is -2.31. The Balaban J connectivity index is 0.00000225. The van der Waals surface area contributed by atoms with Gasteiger partial charge in [-0.05, 0) is 48.8 Å². The van der Waals surface area contributed by atoms with Crippen LogP contribution in [-0.2, 0) is 17.0 Å².